The van der Waals surface area contributed by atoms with Crippen molar-refractivity contribution in [2.75, 3.05) is 0 Å². The highest BCUT2D eigenvalue weighted by Crippen LogP contribution is 2.34. The van der Waals surface area contributed by atoms with E-state index in [2.05, 4.69) is 8.83 Å². The highest BCUT2D eigenvalue weighted by atomic mass is 31.2. The summed E-state index contributed by atoms with van der Waals surface area (Å²) < 4.78 is 27.2. The molecule has 11 heavy (non-hydrogen) atoms. The molecule has 0 saturated carbocycles. The fourth-order valence-electron chi connectivity index (χ4n) is 0.194. The van der Waals surface area contributed by atoms with Gasteiger partial charge in [0.1, 0.15) is 12.5 Å². The van der Waals surface area contributed by atoms with Gasteiger partial charge in [0, 0.05) is 0 Å². The highest BCUT2D eigenvalue weighted by Gasteiger charge is 2.04. The molecule has 0 atom stereocenters. The average Bonchev–Trinajstić information content (AvgIpc) is 2.12. The number of hydrogen-bond donors (Lipinski definition) is 2. The van der Waals surface area contributed by atoms with E-state index < -0.39 is 13.7 Å². The molecular weight excluding hydrogens is 182 g/mol. The molecule has 0 spiro atoms. The zero-order chi connectivity index (χ0) is 8.91. The van der Waals surface area contributed by atoms with Crippen molar-refractivity contribution in [3.8, 4) is 0 Å². The first-order valence-corrected chi connectivity index (χ1v) is 3.67. The summed E-state index contributed by atoms with van der Waals surface area (Å²) in [5.74, 6) is -0.657. The van der Waals surface area contributed by atoms with Gasteiger partial charge in [-0.2, -0.15) is 0 Å². The third kappa shape index (κ3) is 12.3. The summed E-state index contributed by atoms with van der Waals surface area (Å²) >= 11 is 0. The van der Waals surface area contributed by atoms with Crippen LogP contribution in [-0.4, -0.2) is 9.79 Å². The lowest BCUT2D eigenvalue weighted by Crippen LogP contribution is -1.83. The molecule has 0 aromatic carbocycles. The minimum Gasteiger partial charge on any atom is -0.399 e. The first-order valence-electron chi connectivity index (χ1n) is 2.17. The van der Waals surface area contributed by atoms with E-state index in [4.69, 9.17) is 14.4 Å². The van der Waals surface area contributed by atoms with Crippen LogP contribution in [0.2, 0.25) is 0 Å². The first-order chi connectivity index (χ1) is 4.89. The van der Waals surface area contributed by atoms with E-state index in [9.17, 15) is 8.99 Å². The van der Waals surface area contributed by atoms with Crippen molar-refractivity contribution in [3.63, 3.8) is 0 Å². The third-order valence-electron chi connectivity index (χ3n) is 0.384. The first kappa shape index (κ1) is 10.1. The van der Waals surface area contributed by atoms with Gasteiger partial charge in [-0.1, -0.05) is 0 Å². The van der Waals surface area contributed by atoms with Crippen molar-refractivity contribution in [1.82, 2.24) is 0 Å². The van der Waals surface area contributed by atoms with Gasteiger partial charge in [0.25, 0.3) is 0 Å². The quantitative estimate of drug-likeness (QED) is 0.564. The van der Waals surface area contributed by atoms with E-state index in [-0.39, 0.29) is 0 Å². The van der Waals surface area contributed by atoms with E-state index in [1.54, 1.807) is 0 Å². The Hall–Kier alpha value is -0.910. The van der Waals surface area contributed by atoms with Gasteiger partial charge in [-0.15, -0.1) is 4.20 Å². The Labute approximate surface area is 59.5 Å². The Balaban J connectivity index is 0.000000187. The van der Waals surface area contributed by atoms with Crippen LogP contribution in [0.25, 0.3) is 0 Å². The van der Waals surface area contributed by atoms with Crippen LogP contribution in [0.3, 0.4) is 0 Å². The van der Waals surface area contributed by atoms with E-state index in [0.717, 1.165) is 0 Å². The maximum atomic E-state index is 10.4. The predicted molar refractivity (Wildman–Crippen MR) is 30.4 cm³/mol. The lowest BCUT2D eigenvalue weighted by atomic mass is 11.1. The lowest BCUT2D eigenvalue weighted by molar-refractivity contribution is 0.322. The third-order valence-corrected chi connectivity index (χ3v) is 0.384. The van der Waals surface area contributed by atoms with Crippen LogP contribution in [0.4, 0.5) is 4.20 Å². The molecule has 1 aromatic rings. The summed E-state index contributed by atoms with van der Waals surface area (Å²) in [6.07, 6.45) is 2.37. The van der Waals surface area contributed by atoms with E-state index >= 15 is 0 Å². The molecule has 1 aromatic heterocycles. The summed E-state index contributed by atoms with van der Waals surface area (Å²) in [6, 6.07) is 0. The molecule has 0 aliphatic carbocycles. The lowest BCUT2D eigenvalue weighted by Gasteiger charge is -1.77. The van der Waals surface area contributed by atoms with Gasteiger partial charge >= 0.3 is 13.7 Å². The smallest absolute Gasteiger partial charge is 0.399 e. The van der Waals surface area contributed by atoms with Crippen molar-refractivity contribution in [2.24, 2.45) is 0 Å². The molecule has 0 radical (unpaired) electrons. The zero-order valence-corrected chi connectivity index (χ0v) is 5.90. The van der Waals surface area contributed by atoms with Gasteiger partial charge in [-0.3, -0.25) is 9.79 Å². The van der Waals surface area contributed by atoms with Gasteiger partial charge in [0.2, 0.25) is 0 Å². The molecule has 0 amide bonds. The monoisotopic (exact) mass is 186 g/mol. The normalized spacial score (nSPS) is 10.1. The molecular formula is C3H4FO6P. The van der Waals surface area contributed by atoms with Crippen LogP contribution in [0, 0.1) is 0 Å². The molecule has 1 heterocycles. The highest BCUT2D eigenvalue weighted by molar-refractivity contribution is 7.45. The van der Waals surface area contributed by atoms with Crippen LogP contribution in [-0.2, 0) is 4.57 Å². The molecule has 8 heteroatoms. The van der Waals surface area contributed by atoms with Crippen molar-refractivity contribution in [3.05, 3.63) is 23.1 Å². The largest absolute Gasteiger partial charge is 0.518 e. The van der Waals surface area contributed by atoms with Gasteiger partial charge in [-0.05, 0) is 0 Å². The number of hydrogen-bond acceptors (Lipinski definition) is 4. The molecule has 6 nitrogen and oxygen atoms in total. The summed E-state index contributed by atoms with van der Waals surface area (Å²) in [5.41, 5.74) is 0. The van der Waals surface area contributed by atoms with Crippen molar-refractivity contribution >= 4 is 7.91 Å². The maximum absolute atomic E-state index is 10.4. The molecule has 0 fully saturated rings. The summed E-state index contributed by atoms with van der Waals surface area (Å²) in [7, 11) is -5.14. The zero-order valence-electron chi connectivity index (χ0n) is 5.01. The second-order valence-corrected chi connectivity index (χ2v) is 2.18. The second-order valence-electron chi connectivity index (χ2n) is 1.23. The molecule has 64 valence electrons. The van der Waals surface area contributed by atoms with Crippen LogP contribution in [0.1, 0.15) is 0 Å². The van der Waals surface area contributed by atoms with Crippen LogP contribution >= 0.6 is 7.91 Å². The Morgan fingerprint density at radius 3 is 1.73 bits per heavy atom. The molecule has 1 rings (SSSR count). The van der Waals surface area contributed by atoms with Gasteiger partial charge in [-0.25, -0.2) is 9.36 Å². The Bertz CT molecular complexity index is 257. The number of halogens is 1. The SMILES string of the molecule is O=P(O)(O)F.O=c1occo1. The van der Waals surface area contributed by atoms with Crippen molar-refractivity contribution < 1.29 is 27.4 Å². The number of rotatable bonds is 0. The molecule has 2 N–H and O–H groups in total. The van der Waals surface area contributed by atoms with E-state index in [1.807, 2.05) is 0 Å². The predicted octanol–water partition coefficient (Wildman–Crippen LogP) is 0.281. The summed E-state index contributed by atoms with van der Waals surface area (Å²) in [5, 5.41) is 0. The minimum atomic E-state index is -5.14. The molecule has 0 bridgehead atoms. The fraction of sp³-hybridized carbons (Fsp3) is 0. The Morgan fingerprint density at radius 1 is 1.36 bits per heavy atom. The van der Waals surface area contributed by atoms with Crippen molar-refractivity contribution in [2.45, 2.75) is 0 Å². The average molecular weight is 186 g/mol. The van der Waals surface area contributed by atoms with E-state index in [1.165, 1.54) is 12.5 Å². The van der Waals surface area contributed by atoms with Crippen LogP contribution in [0.5, 0.6) is 0 Å². The van der Waals surface area contributed by atoms with E-state index in [0.29, 0.717) is 0 Å². The summed E-state index contributed by atoms with van der Waals surface area (Å²) in [4.78, 5) is 23.7. The second kappa shape index (κ2) is 4.07. The molecule has 0 aliphatic rings. The maximum Gasteiger partial charge on any atom is 0.518 e. The van der Waals surface area contributed by atoms with Crippen LogP contribution < -0.4 is 5.82 Å². The standard InChI is InChI=1S/C3H2O3.FH2O3P/c4-3-5-1-2-6-3;1-5(2,3)4/h1-2H;(H2,2,3,4). The minimum absolute atomic E-state index is 0.657. The Morgan fingerprint density at radius 2 is 1.64 bits per heavy atom. The van der Waals surface area contributed by atoms with Gasteiger partial charge < -0.3 is 8.83 Å². The molecule has 0 saturated heterocycles. The van der Waals surface area contributed by atoms with Crippen molar-refractivity contribution in [1.29, 1.82) is 0 Å². The van der Waals surface area contributed by atoms with Gasteiger partial charge in [0.15, 0.2) is 0 Å². The fourth-order valence-corrected chi connectivity index (χ4v) is 0.194. The topological polar surface area (TPSA) is 101 Å². The van der Waals surface area contributed by atoms with Gasteiger partial charge in [0.05, 0.1) is 0 Å². The summed E-state index contributed by atoms with van der Waals surface area (Å²) in [6.45, 7) is 0. The molecule has 0 aliphatic heterocycles. The van der Waals surface area contributed by atoms with Crippen LogP contribution in [0.15, 0.2) is 26.2 Å². The Kier molecular flexibility index (Phi) is 3.73. The molecule has 0 unspecified atom stereocenters.